The Kier molecular flexibility index (Phi) is 5.27. The van der Waals surface area contributed by atoms with Crippen molar-refractivity contribution in [2.75, 3.05) is 12.4 Å². The average Bonchev–Trinajstić information content (AvgIpc) is 2.98. The van der Waals surface area contributed by atoms with Crippen LogP contribution in [0.3, 0.4) is 0 Å². The summed E-state index contributed by atoms with van der Waals surface area (Å²) in [6.45, 7) is 3.94. The Morgan fingerprint density at radius 1 is 1.27 bits per heavy atom. The molecular weight excluding hydrogens is 399 g/mol. The van der Waals surface area contributed by atoms with Gasteiger partial charge < -0.3 is 10.1 Å². The van der Waals surface area contributed by atoms with Crippen molar-refractivity contribution in [3.63, 3.8) is 0 Å². The lowest BCUT2D eigenvalue weighted by molar-refractivity contribution is 0.0602. The first-order valence-corrected chi connectivity index (χ1v) is 8.84. The van der Waals surface area contributed by atoms with Crippen molar-refractivity contribution in [2.45, 2.75) is 19.9 Å². The van der Waals surface area contributed by atoms with Crippen LogP contribution in [0.25, 0.3) is 16.8 Å². The fraction of sp³-hybridized carbons (Fsp3) is 0.235. The summed E-state index contributed by atoms with van der Waals surface area (Å²) in [5, 5.41) is 8.69. The van der Waals surface area contributed by atoms with Gasteiger partial charge >= 0.3 is 5.97 Å². The number of ether oxygens (including phenoxy) is 1. The molecule has 6 nitrogen and oxygen atoms in total. The molecule has 136 valence electrons. The topological polar surface area (TPSA) is 68.5 Å². The summed E-state index contributed by atoms with van der Waals surface area (Å²) in [4.78, 5) is 16.3. The summed E-state index contributed by atoms with van der Waals surface area (Å²) < 4.78 is 6.29. The smallest absolute Gasteiger partial charge is 0.343 e. The molecular formula is C17H15Cl3N4O2. The van der Waals surface area contributed by atoms with E-state index in [9.17, 15) is 4.79 Å². The van der Waals surface area contributed by atoms with Crippen LogP contribution >= 0.6 is 34.8 Å². The Morgan fingerprint density at radius 2 is 2.00 bits per heavy atom. The maximum absolute atomic E-state index is 12.0. The number of nitrogens with zero attached hydrogens (tertiary/aromatic N) is 3. The van der Waals surface area contributed by atoms with Gasteiger partial charge in [0.1, 0.15) is 16.5 Å². The molecule has 0 aliphatic rings. The van der Waals surface area contributed by atoms with Gasteiger partial charge in [-0.3, -0.25) is 0 Å². The number of fused-ring (bicyclic) bond motifs is 1. The number of hydrogen-bond donors (Lipinski definition) is 1. The van der Waals surface area contributed by atoms with Gasteiger partial charge in [-0.1, -0.05) is 40.9 Å². The van der Waals surface area contributed by atoms with Crippen LogP contribution in [0.4, 0.5) is 5.82 Å². The average molecular weight is 414 g/mol. The summed E-state index contributed by atoms with van der Waals surface area (Å²) in [7, 11) is 1.29. The van der Waals surface area contributed by atoms with Crippen molar-refractivity contribution in [1.82, 2.24) is 14.6 Å². The minimum absolute atomic E-state index is 0.0623. The molecule has 0 spiro atoms. The number of methoxy groups -OCH3 is 1. The molecule has 26 heavy (non-hydrogen) atoms. The van der Waals surface area contributed by atoms with Crippen LogP contribution in [0, 0.1) is 0 Å². The second-order valence-corrected chi connectivity index (χ2v) is 7.04. The molecule has 0 radical (unpaired) electrons. The van der Waals surface area contributed by atoms with E-state index in [1.165, 1.54) is 17.8 Å². The normalized spacial score (nSPS) is 11.2. The number of esters is 1. The van der Waals surface area contributed by atoms with E-state index in [2.05, 4.69) is 15.4 Å². The zero-order valence-corrected chi connectivity index (χ0v) is 16.4. The maximum atomic E-state index is 12.0. The molecule has 0 unspecified atom stereocenters. The number of anilines is 1. The van der Waals surface area contributed by atoms with Crippen LogP contribution in [0.15, 0.2) is 24.4 Å². The maximum Gasteiger partial charge on any atom is 0.343 e. The molecule has 0 aliphatic carbocycles. The monoisotopic (exact) mass is 412 g/mol. The molecule has 1 aromatic carbocycles. The van der Waals surface area contributed by atoms with Crippen molar-refractivity contribution < 1.29 is 9.53 Å². The second kappa shape index (κ2) is 7.31. The SMILES string of the molecule is COC(=O)c1cnn2c(NC(C)C)c(-c3ccc(Cl)cc3Cl)c(Cl)nc12. The van der Waals surface area contributed by atoms with E-state index >= 15 is 0 Å². The van der Waals surface area contributed by atoms with E-state index in [0.717, 1.165) is 0 Å². The lowest BCUT2D eigenvalue weighted by atomic mass is 10.1. The van der Waals surface area contributed by atoms with Crippen molar-refractivity contribution >= 4 is 52.2 Å². The molecule has 0 fully saturated rings. The number of carbonyl (C=O) groups excluding carboxylic acids is 1. The van der Waals surface area contributed by atoms with Gasteiger partial charge in [0.15, 0.2) is 5.65 Å². The standard InChI is InChI=1S/C17H15Cl3N4O2/c1-8(2)22-16-13(10-5-4-9(18)6-12(10)19)14(20)23-15-11(17(25)26-3)7-21-24(15)16/h4-8,22H,1-3H3. The molecule has 0 saturated heterocycles. The molecule has 2 aromatic heterocycles. The molecule has 3 rings (SSSR count). The molecule has 0 amide bonds. The van der Waals surface area contributed by atoms with Crippen molar-refractivity contribution in [2.24, 2.45) is 0 Å². The third-order valence-corrected chi connectivity index (χ3v) is 4.46. The second-order valence-electron chi connectivity index (χ2n) is 5.83. The summed E-state index contributed by atoms with van der Waals surface area (Å²) in [5.41, 5.74) is 1.72. The molecule has 1 N–H and O–H groups in total. The third-order valence-electron chi connectivity index (χ3n) is 3.63. The number of aromatic nitrogens is 3. The highest BCUT2D eigenvalue weighted by molar-refractivity contribution is 6.38. The van der Waals surface area contributed by atoms with Crippen LogP contribution in [-0.2, 0) is 4.74 Å². The van der Waals surface area contributed by atoms with Gasteiger partial charge in [0.25, 0.3) is 0 Å². The van der Waals surface area contributed by atoms with Crippen molar-refractivity contribution in [1.29, 1.82) is 0 Å². The first-order chi connectivity index (χ1) is 12.3. The largest absolute Gasteiger partial charge is 0.465 e. The fourth-order valence-electron chi connectivity index (χ4n) is 2.56. The Hall–Kier alpha value is -2.02. The first kappa shape index (κ1) is 18.8. The lowest BCUT2D eigenvalue weighted by Crippen LogP contribution is -2.16. The van der Waals surface area contributed by atoms with Crippen LogP contribution in [-0.4, -0.2) is 33.7 Å². The minimum atomic E-state index is -0.545. The molecule has 0 saturated carbocycles. The van der Waals surface area contributed by atoms with Crippen molar-refractivity contribution in [3.05, 3.63) is 45.2 Å². The third kappa shape index (κ3) is 3.32. The number of halogens is 3. The van der Waals surface area contributed by atoms with E-state index < -0.39 is 5.97 Å². The number of carbonyl (C=O) groups is 1. The quantitative estimate of drug-likeness (QED) is 0.483. The van der Waals surface area contributed by atoms with E-state index in [1.807, 2.05) is 13.8 Å². The van der Waals surface area contributed by atoms with E-state index in [-0.39, 0.29) is 16.8 Å². The molecule has 9 heteroatoms. The van der Waals surface area contributed by atoms with Gasteiger partial charge in [0, 0.05) is 16.6 Å². The predicted octanol–water partition coefficient (Wildman–Crippen LogP) is 4.96. The predicted molar refractivity (Wildman–Crippen MR) is 104 cm³/mol. The molecule has 2 heterocycles. The zero-order valence-electron chi connectivity index (χ0n) is 14.2. The van der Waals surface area contributed by atoms with Crippen molar-refractivity contribution in [3.8, 4) is 11.1 Å². The number of benzene rings is 1. The zero-order chi connectivity index (χ0) is 19.0. The minimum Gasteiger partial charge on any atom is -0.465 e. The van der Waals surface area contributed by atoms with E-state index in [1.54, 1.807) is 18.2 Å². The van der Waals surface area contributed by atoms with Crippen LogP contribution in [0.1, 0.15) is 24.2 Å². The summed E-state index contributed by atoms with van der Waals surface area (Å²) in [6.07, 6.45) is 1.39. The molecule has 3 aromatic rings. The Bertz CT molecular complexity index is 1000. The van der Waals surface area contributed by atoms with Gasteiger partial charge in [-0.25, -0.2) is 9.78 Å². The fourth-order valence-corrected chi connectivity index (χ4v) is 3.33. The Labute approximate surface area is 165 Å². The van der Waals surface area contributed by atoms with Gasteiger partial charge in [0.05, 0.1) is 23.9 Å². The van der Waals surface area contributed by atoms with E-state index in [4.69, 9.17) is 39.5 Å². The molecule has 0 aliphatic heterocycles. The summed E-state index contributed by atoms with van der Waals surface area (Å²) in [6, 6.07) is 5.16. The van der Waals surface area contributed by atoms with Gasteiger partial charge in [0.2, 0.25) is 0 Å². The highest BCUT2D eigenvalue weighted by Crippen LogP contribution is 2.39. The van der Waals surface area contributed by atoms with Crippen LogP contribution in [0.5, 0.6) is 0 Å². The Morgan fingerprint density at radius 3 is 2.62 bits per heavy atom. The van der Waals surface area contributed by atoms with E-state index in [0.29, 0.717) is 32.6 Å². The van der Waals surface area contributed by atoms with Crippen LogP contribution < -0.4 is 5.32 Å². The van der Waals surface area contributed by atoms with Gasteiger partial charge in [-0.05, 0) is 26.0 Å². The summed E-state index contributed by atoms with van der Waals surface area (Å²) in [5.74, 6) is 0.0192. The highest BCUT2D eigenvalue weighted by atomic mass is 35.5. The lowest BCUT2D eigenvalue weighted by Gasteiger charge is -2.18. The van der Waals surface area contributed by atoms with Gasteiger partial charge in [-0.15, -0.1) is 0 Å². The first-order valence-electron chi connectivity index (χ1n) is 7.71. The highest BCUT2D eigenvalue weighted by Gasteiger charge is 2.23. The van der Waals surface area contributed by atoms with Gasteiger partial charge in [-0.2, -0.15) is 9.61 Å². The molecule has 0 atom stereocenters. The molecule has 0 bridgehead atoms. The Balaban J connectivity index is 2.35. The van der Waals surface area contributed by atoms with Crippen LogP contribution in [0.2, 0.25) is 15.2 Å². The number of hydrogen-bond acceptors (Lipinski definition) is 5. The number of rotatable bonds is 4. The number of nitrogens with one attached hydrogen (secondary N) is 1. The summed E-state index contributed by atoms with van der Waals surface area (Å²) >= 11 is 18.9.